The van der Waals surface area contributed by atoms with Crippen molar-refractivity contribution < 1.29 is 9.53 Å². The van der Waals surface area contributed by atoms with Crippen molar-refractivity contribution in [2.45, 2.75) is 0 Å². The predicted molar refractivity (Wildman–Crippen MR) is 50.8 cm³/mol. The van der Waals surface area contributed by atoms with Gasteiger partial charge in [-0.1, -0.05) is 0 Å². The molecule has 72 valence electrons. The first-order valence-electron chi connectivity index (χ1n) is 4.11. The van der Waals surface area contributed by atoms with Crippen LogP contribution in [-0.4, -0.2) is 23.2 Å². The molecular weight excluding hydrogens is 182 g/mol. The van der Waals surface area contributed by atoms with Gasteiger partial charge in [0.25, 0.3) is 5.91 Å². The Kier molecular flexibility index (Phi) is 2.06. The van der Waals surface area contributed by atoms with Gasteiger partial charge in [-0.3, -0.25) is 4.79 Å². The SMILES string of the molecule is NC(=O)C1=CCN2C=COC=CC2=N1. The first-order chi connectivity index (χ1) is 6.77. The smallest absolute Gasteiger partial charge is 0.267 e. The summed E-state index contributed by atoms with van der Waals surface area (Å²) in [5, 5.41) is 0. The molecule has 0 aliphatic carbocycles. The summed E-state index contributed by atoms with van der Waals surface area (Å²) in [4.78, 5) is 16.8. The van der Waals surface area contributed by atoms with Gasteiger partial charge in [0.05, 0.1) is 6.26 Å². The van der Waals surface area contributed by atoms with Gasteiger partial charge in [0.2, 0.25) is 0 Å². The van der Waals surface area contributed by atoms with Crippen LogP contribution in [0.5, 0.6) is 0 Å². The van der Waals surface area contributed by atoms with E-state index in [1.54, 1.807) is 24.6 Å². The van der Waals surface area contributed by atoms with Gasteiger partial charge in [-0.05, 0) is 6.08 Å². The zero-order chi connectivity index (χ0) is 9.97. The maximum absolute atomic E-state index is 10.9. The minimum atomic E-state index is -0.514. The number of amides is 1. The van der Waals surface area contributed by atoms with Crippen molar-refractivity contribution in [1.82, 2.24) is 4.90 Å². The minimum Gasteiger partial charge on any atom is -0.471 e. The molecule has 0 unspecified atom stereocenters. The molecule has 0 atom stereocenters. The molecule has 2 aliphatic rings. The molecule has 5 heteroatoms. The molecular formula is C9H9N3O2. The fourth-order valence-electron chi connectivity index (χ4n) is 1.19. The first-order valence-corrected chi connectivity index (χ1v) is 4.11. The highest BCUT2D eigenvalue weighted by molar-refractivity contribution is 6.01. The van der Waals surface area contributed by atoms with E-state index in [-0.39, 0.29) is 5.70 Å². The summed E-state index contributed by atoms with van der Waals surface area (Å²) in [6.45, 7) is 0.571. The lowest BCUT2D eigenvalue weighted by atomic mass is 10.3. The van der Waals surface area contributed by atoms with Gasteiger partial charge in [0.15, 0.2) is 0 Å². The van der Waals surface area contributed by atoms with Crippen LogP contribution in [0, 0.1) is 0 Å². The molecule has 0 aromatic heterocycles. The van der Waals surface area contributed by atoms with E-state index in [1.807, 2.05) is 4.90 Å². The molecule has 2 rings (SSSR count). The van der Waals surface area contributed by atoms with Crippen LogP contribution in [-0.2, 0) is 9.53 Å². The van der Waals surface area contributed by atoms with Crippen molar-refractivity contribution in [3.63, 3.8) is 0 Å². The highest BCUT2D eigenvalue weighted by Gasteiger charge is 2.15. The average Bonchev–Trinajstić information content (AvgIpc) is 2.41. The van der Waals surface area contributed by atoms with E-state index >= 15 is 0 Å². The van der Waals surface area contributed by atoms with Crippen LogP contribution in [0.4, 0.5) is 0 Å². The predicted octanol–water partition coefficient (Wildman–Crippen LogP) is 0.0848. The molecule has 14 heavy (non-hydrogen) atoms. The number of nitrogens with zero attached hydrogens (tertiary/aromatic N) is 2. The second-order valence-corrected chi connectivity index (χ2v) is 2.80. The van der Waals surface area contributed by atoms with Crippen LogP contribution >= 0.6 is 0 Å². The Morgan fingerprint density at radius 3 is 3.21 bits per heavy atom. The fraction of sp³-hybridized carbons (Fsp3) is 0.111. The molecule has 0 aromatic carbocycles. The number of ether oxygens (including phenoxy) is 1. The maximum Gasteiger partial charge on any atom is 0.267 e. The molecule has 5 nitrogen and oxygen atoms in total. The van der Waals surface area contributed by atoms with E-state index in [9.17, 15) is 4.79 Å². The van der Waals surface area contributed by atoms with E-state index in [4.69, 9.17) is 10.5 Å². The van der Waals surface area contributed by atoms with Gasteiger partial charge in [-0.25, -0.2) is 4.99 Å². The van der Waals surface area contributed by atoms with E-state index < -0.39 is 5.91 Å². The number of hydrogen-bond acceptors (Lipinski definition) is 4. The number of carbonyl (C=O) groups excluding carboxylic acids is 1. The van der Waals surface area contributed by atoms with Crippen LogP contribution in [0.2, 0.25) is 0 Å². The molecule has 0 saturated carbocycles. The summed E-state index contributed by atoms with van der Waals surface area (Å²) in [6, 6.07) is 0. The van der Waals surface area contributed by atoms with Crippen LogP contribution in [0.15, 0.2) is 41.6 Å². The van der Waals surface area contributed by atoms with Crippen LogP contribution < -0.4 is 5.73 Å². The van der Waals surface area contributed by atoms with Gasteiger partial charge >= 0.3 is 0 Å². The summed E-state index contributed by atoms with van der Waals surface area (Å²) in [7, 11) is 0. The lowest BCUT2D eigenvalue weighted by Gasteiger charge is -2.20. The number of aliphatic imine (C=N–C) groups is 1. The van der Waals surface area contributed by atoms with Crippen molar-refractivity contribution in [3.05, 3.63) is 36.6 Å². The van der Waals surface area contributed by atoms with Crippen LogP contribution in [0.25, 0.3) is 0 Å². The highest BCUT2D eigenvalue weighted by Crippen LogP contribution is 2.11. The Balaban J connectivity index is 2.31. The van der Waals surface area contributed by atoms with Crippen molar-refractivity contribution >= 4 is 11.7 Å². The van der Waals surface area contributed by atoms with Gasteiger partial charge in [0.1, 0.15) is 17.8 Å². The van der Waals surface area contributed by atoms with Gasteiger partial charge < -0.3 is 15.4 Å². The number of nitrogens with two attached hydrogens (primary N) is 1. The Morgan fingerprint density at radius 1 is 1.57 bits per heavy atom. The largest absolute Gasteiger partial charge is 0.471 e. The molecule has 2 heterocycles. The topological polar surface area (TPSA) is 67.9 Å². The number of primary amides is 1. The van der Waals surface area contributed by atoms with E-state index in [2.05, 4.69) is 4.99 Å². The number of amidine groups is 1. The maximum atomic E-state index is 10.9. The third kappa shape index (κ3) is 1.52. The third-order valence-electron chi connectivity index (χ3n) is 1.88. The van der Waals surface area contributed by atoms with Gasteiger partial charge in [-0.2, -0.15) is 0 Å². The average molecular weight is 191 g/mol. The lowest BCUT2D eigenvalue weighted by Crippen LogP contribution is -2.29. The Hall–Kier alpha value is -2.04. The zero-order valence-electron chi connectivity index (χ0n) is 7.38. The normalized spacial score (nSPS) is 19.0. The molecule has 0 bridgehead atoms. The van der Waals surface area contributed by atoms with Crippen LogP contribution in [0.3, 0.4) is 0 Å². The van der Waals surface area contributed by atoms with Crippen molar-refractivity contribution in [2.24, 2.45) is 10.7 Å². The standard InChI is InChI=1S/C9H9N3O2/c10-9(13)7-1-3-12-4-6-14-5-2-8(12)11-7/h1-2,4-6H,3H2,(H2,10,13). The number of fused-ring (bicyclic) bond motifs is 1. The summed E-state index contributed by atoms with van der Waals surface area (Å²) in [5.41, 5.74) is 5.41. The quantitative estimate of drug-likeness (QED) is 0.638. The Morgan fingerprint density at radius 2 is 2.43 bits per heavy atom. The molecule has 2 aliphatic heterocycles. The van der Waals surface area contributed by atoms with Crippen molar-refractivity contribution in [1.29, 1.82) is 0 Å². The monoisotopic (exact) mass is 191 g/mol. The van der Waals surface area contributed by atoms with Gasteiger partial charge in [0, 0.05) is 18.8 Å². The third-order valence-corrected chi connectivity index (χ3v) is 1.88. The summed E-state index contributed by atoms with van der Waals surface area (Å²) in [6.07, 6.45) is 8.14. The number of carbonyl (C=O) groups is 1. The molecule has 0 fully saturated rings. The second kappa shape index (κ2) is 3.37. The second-order valence-electron chi connectivity index (χ2n) is 2.80. The summed E-state index contributed by atoms with van der Waals surface area (Å²) < 4.78 is 4.96. The minimum absolute atomic E-state index is 0.288. The summed E-state index contributed by atoms with van der Waals surface area (Å²) in [5.74, 6) is 0.134. The molecule has 2 N–H and O–H groups in total. The first kappa shape index (κ1) is 8.55. The fourth-order valence-corrected chi connectivity index (χ4v) is 1.19. The molecule has 1 amide bonds. The summed E-state index contributed by atoms with van der Waals surface area (Å²) >= 11 is 0. The molecule has 0 saturated heterocycles. The Labute approximate surface area is 80.8 Å². The van der Waals surface area contributed by atoms with E-state index in [0.717, 1.165) is 0 Å². The zero-order valence-corrected chi connectivity index (χ0v) is 7.38. The van der Waals surface area contributed by atoms with Gasteiger partial charge in [-0.15, -0.1) is 0 Å². The Bertz CT molecular complexity index is 380. The van der Waals surface area contributed by atoms with E-state index in [1.165, 1.54) is 6.26 Å². The van der Waals surface area contributed by atoms with Crippen LogP contribution in [0.1, 0.15) is 0 Å². The molecule has 0 aromatic rings. The molecule has 0 spiro atoms. The van der Waals surface area contributed by atoms with Crippen molar-refractivity contribution in [2.75, 3.05) is 6.54 Å². The van der Waals surface area contributed by atoms with E-state index in [0.29, 0.717) is 12.4 Å². The molecule has 0 radical (unpaired) electrons. The lowest BCUT2D eigenvalue weighted by molar-refractivity contribution is -0.114. The number of rotatable bonds is 1. The van der Waals surface area contributed by atoms with Crippen molar-refractivity contribution in [3.8, 4) is 0 Å². The highest BCUT2D eigenvalue weighted by atomic mass is 16.5. The number of hydrogen-bond donors (Lipinski definition) is 1.